The highest BCUT2D eigenvalue weighted by Gasteiger charge is 2.29. The van der Waals surface area contributed by atoms with Gasteiger partial charge < -0.3 is 9.88 Å². The maximum Gasteiger partial charge on any atom is 0.273 e. The van der Waals surface area contributed by atoms with Gasteiger partial charge in [-0.15, -0.1) is 0 Å². The van der Waals surface area contributed by atoms with E-state index >= 15 is 0 Å². The summed E-state index contributed by atoms with van der Waals surface area (Å²) in [6, 6.07) is 26.2. The molecule has 1 N–H and O–H groups in total. The zero-order chi connectivity index (χ0) is 23.9. The minimum absolute atomic E-state index is 0.124. The van der Waals surface area contributed by atoms with Crippen LogP contribution in [0.5, 0.6) is 0 Å². The van der Waals surface area contributed by atoms with Crippen molar-refractivity contribution in [2.75, 3.05) is 5.32 Å². The fourth-order valence-electron chi connectivity index (χ4n) is 5.20. The maximum absolute atomic E-state index is 13.9. The predicted octanol–water partition coefficient (Wildman–Crippen LogP) is 7.63. The molecule has 3 aromatic carbocycles. The minimum atomic E-state index is -0.124. The lowest BCUT2D eigenvalue weighted by Gasteiger charge is -2.10. The van der Waals surface area contributed by atoms with Crippen LogP contribution in [-0.4, -0.2) is 14.9 Å². The average Bonchev–Trinajstić information content (AvgIpc) is 3.29. The fourth-order valence-corrected chi connectivity index (χ4v) is 5.33. The van der Waals surface area contributed by atoms with Gasteiger partial charge in [0.2, 0.25) is 0 Å². The molecule has 0 saturated carbocycles. The number of nitrogens with zero attached hydrogens (tertiary/aromatic N) is 2. The van der Waals surface area contributed by atoms with Crippen molar-refractivity contribution in [2.24, 2.45) is 0 Å². The van der Waals surface area contributed by atoms with Crippen LogP contribution in [0.4, 0.5) is 5.69 Å². The number of carbonyl (C=O) groups is 1. The Hall–Kier alpha value is -3.76. The van der Waals surface area contributed by atoms with Gasteiger partial charge in [0, 0.05) is 34.6 Å². The summed E-state index contributed by atoms with van der Waals surface area (Å²) in [7, 11) is 0. The summed E-state index contributed by atoms with van der Waals surface area (Å²) in [4.78, 5) is 13.9. The van der Waals surface area contributed by atoms with E-state index in [1.165, 1.54) is 11.1 Å². The second-order valence-corrected chi connectivity index (χ2v) is 9.65. The lowest BCUT2D eigenvalue weighted by molar-refractivity contribution is 0.102. The molecular weight excluding hydrogens is 454 g/mol. The highest BCUT2D eigenvalue weighted by atomic mass is 35.5. The Bertz CT molecular complexity index is 1530. The van der Waals surface area contributed by atoms with Gasteiger partial charge in [0.25, 0.3) is 5.91 Å². The lowest BCUT2D eigenvalue weighted by Crippen LogP contribution is -2.15. The van der Waals surface area contributed by atoms with Gasteiger partial charge >= 0.3 is 0 Å². The zero-order valence-electron chi connectivity index (χ0n) is 19.6. The Labute approximate surface area is 209 Å². The van der Waals surface area contributed by atoms with Crippen molar-refractivity contribution in [1.82, 2.24) is 8.97 Å². The number of nitrogens with one attached hydrogen (secondary N) is 1. The third kappa shape index (κ3) is 3.84. The van der Waals surface area contributed by atoms with E-state index < -0.39 is 0 Å². The molecule has 174 valence electrons. The summed E-state index contributed by atoms with van der Waals surface area (Å²) in [5.41, 5.74) is 9.39. The zero-order valence-corrected chi connectivity index (χ0v) is 20.3. The summed E-state index contributed by atoms with van der Waals surface area (Å²) in [5.74, 6) is -0.124. The Kier molecular flexibility index (Phi) is 5.46. The first-order valence-corrected chi connectivity index (χ1v) is 12.4. The first-order valence-electron chi connectivity index (χ1n) is 12.1. The standard InChI is InChI=1S/C30H26ClN3O/c1-20-10-12-21(13-11-20)26-19-34-28(29(35)32-24-16-14-23(31)15-17-24)27(22-7-3-2-4-8-22)25-9-5-6-18-33(26)30(25)34/h2-4,7-8,10-17,19H,5-6,9,18H2,1H3,(H,32,35). The largest absolute Gasteiger partial charge is 0.325 e. The molecule has 5 aromatic rings. The van der Waals surface area contributed by atoms with Crippen molar-refractivity contribution < 1.29 is 4.79 Å². The van der Waals surface area contributed by atoms with Gasteiger partial charge in [-0.2, -0.15) is 0 Å². The van der Waals surface area contributed by atoms with Crippen LogP contribution >= 0.6 is 11.6 Å². The topological polar surface area (TPSA) is 38.4 Å². The van der Waals surface area contributed by atoms with Crippen molar-refractivity contribution in [3.63, 3.8) is 0 Å². The monoisotopic (exact) mass is 479 g/mol. The molecule has 35 heavy (non-hydrogen) atoms. The number of aryl methyl sites for hydroxylation is 3. The minimum Gasteiger partial charge on any atom is -0.325 e. The van der Waals surface area contributed by atoms with Gasteiger partial charge in [-0.05, 0) is 61.6 Å². The molecular formula is C30H26ClN3O. The molecule has 2 aromatic heterocycles. The van der Waals surface area contributed by atoms with Gasteiger partial charge in [0.15, 0.2) is 0 Å². The van der Waals surface area contributed by atoms with Crippen LogP contribution in [0.1, 0.15) is 34.5 Å². The van der Waals surface area contributed by atoms with Crippen molar-refractivity contribution >= 4 is 28.8 Å². The molecule has 0 unspecified atom stereocenters. The smallest absolute Gasteiger partial charge is 0.273 e. The average molecular weight is 480 g/mol. The number of rotatable bonds is 4. The molecule has 0 aliphatic carbocycles. The highest BCUT2D eigenvalue weighted by molar-refractivity contribution is 6.30. The third-order valence-corrected chi connectivity index (χ3v) is 7.11. The van der Waals surface area contributed by atoms with Crippen LogP contribution in [0, 0.1) is 6.92 Å². The molecule has 1 aliphatic heterocycles. The highest BCUT2D eigenvalue weighted by Crippen LogP contribution is 2.39. The van der Waals surface area contributed by atoms with E-state index in [2.05, 4.69) is 63.8 Å². The van der Waals surface area contributed by atoms with Crippen LogP contribution in [0.3, 0.4) is 0 Å². The summed E-state index contributed by atoms with van der Waals surface area (Å²) < 4.78 is 4.52. The number of anilines is 1. The normalized spacial score (nSPS) is 13.1. The van der Waals surface area contributed by atoms with Gasteiger partial charge in [-0.25, -0.2) is 0 Å². The quantitative estimate of drug-likeness (QED) is 0.283. The molecule has 3 heterocycles. The van der Waals surface area contributed by atoms with Gasteiger partial charge in [0.1, 0.15) is 11.3 Å². The molecule has 4 nitrogen and oxygen atoms in total. The number of hydrogen-bond donors (Lipinski definition) is 1. The Morgan fingerprint density at radius 1 is 0.886 bits per heavy atom. The van der Waals surface area contributed by atoms with Crippen molar-refractivity contribution in [2.45, 2.75) is 32.7 Å². The molecule has 6 rings (SSSR count). The molecule has 0 saturated heterocycles. The molecule has 0 spiro atoms. The van der Waals surface area contributed by atoms with Crippen molar-refractivity contribution in [3.8, 4) is 22.4 Å². The van der Waals surface area contributed by atoms with E-state index in [4.69, 9.17) is 11.6 Å². The summed E-state index contributed by atoms with van der Waals surface area (Å²) in [5, 5.41) is 3.75. The fraction of sp³-hybridized carbons (Fsp3) is 0.167. The second kappa shape index (κ2) is 8.79. The van der Waals surface area contributed by atoms with Crippen LogP contribution < -0.4 is 5.32 Å². The SMILES string of the molecule is Cc1ccc(-c2cn3c(C(=O)Nc4ccc(Cl)cc4)c(-c4ccccc4)c4c3n2CCCC4)cc1. The Morgan fingerprint density at radius 3 is 2.37 bits per heavy atom. The van der Waals surface area contributed by atoms with Crippen molar-refractivity contribution in [1.29, 1.82) is 0 Å². The summed E-state index contributed by atoms with van der Waals surface area (Å²) in [6.07, 6.45) is 5.28. The van der Waals surface area contributed by atoms with Crippen LogP contribution in [0.15, 0.2) is 85.1 Å². The van der Waals surface area contributed by atoms with E-state index in [0.717, 1.165) is 59.5 Å². The van der Waals surface area contributed by atoms with Crippen molar-refractivity contribution in [3.05, 3.63) is 107 Å². The molecule has 1 amide bonds. The van der Waals surface area contributed by atoms with E-state index in [1.807, 2.05) is 30.3 Å². The number of imidazole rings is 1. The molecule has 0 fully saturated rings. The Balaban J connectivity index is 1.60. The van der Waals surface area contributed by atoms with Crippen LogP contribution in [0.2, 0.25) is 5.02 Å². The van der Waals surface area contributed by atoms with Crippen LogP contribution in [-0.2, 0) is 13.0 Å². The number of benzene rings is 3. The molecule has 5 heteroatoms. The van der Waals surface area contributed by atoms with Gasteiger partial charge in [0.05, 0.1) is 5.69 Å². The third-order valence-electron chi connectivity index (χ3n) is 6.86. The van der Waals surface area contributed by atoms with E-state index in [-0.39, 0.29) is 5.91 Å². The number of carbonyl (C=O) groups excluding carboxylic acids is 1. The second-order valence-electron chi connectivity index (χ2n) is 9.21. The Morgan fingerprint density at radius 2 is 1.63 bits per heavy atom. The van der Waals surface area contributed by atoms with E-state index in [9.17, 15) is 4.79 Å². The van der Waals surface area contributed by atoms with Gasteiger partial charge in [-0.1, -0.05) is 71.8 Å². The molecule has 1 aliphatic rings. The van der Waals surface area contributed by atoms with Crippen LogP contribution in [0.25, 0.3) is 28.0 Å². The number of amides is 1. The number of hydrogen-bond acceptors (Lipinski definition) is 1. The first kappa shape index (κ1) is 21.8. The number of aromatic nitrogens is 2. The summed E-state index contributed by atoms with van der Waals surface area (Å²) >= 11 is 6.06. The lowest BCUT2D eigenvalue weighted by atomic mass is 9.98. The predicted molar refractivity (Wildman–Crippen MR) is 143 cm³/mol. The molecule has 0 bridgehead atoms. The molecule has 0 radical (unpaired) electrons. The van der Waals surface area contributed by atoms with E-state index in [1.54, 1.807) is 12.1 Å². The first-order chi connectivity index (χ1) is 17.1. The van der Waals surface area contributed by atoms with E-state index in [0.29, 0.717) is 10.7 Å². The number of halogens is 1. The van der Waals surface area contributed by atoms with Gasteiger partial charge in [-0.3, -0.25) is 9.20 Å². The summed E-state index contributed by atoms with van der Waals surface area (Å²) in [6.45, 7) is 3.04. The maximum atomic E-state index is 13.9. The molecule has 0 atom stereocenters.